The minimum Gasteiger partial charge on any atom is -0.453 e. The molecule has 2 saturated heterocycles. The zero-order chi connectivity index (χ0) is 29.4. The molecule has 41 heavy (non-hydrogen) atoms. The summed E-state index contributed by atoms with van der Waals surface area (Å²) in [5.74, 6) is -0.0645. The number of carbonyl (C=O) groups excluding carboxylic acids is 1. The van der Waals surface area contributed by atoms with Crippen molar-refractivity contribution in [2.75, 3.05) is 76.1 Å². The lowest BCUT2D eigenvalue weighted by atomic mass is 10.1. The molecule has 222 valence electrons. The van der Waals surface area contributed by atoms with Crippen LogP contribution in [0.25, 0.3) is 16.9 Å². The van der Waals surface area contributed by atoms with Gasteiger partial charge in [-0.05, 0) is 17.7 Å². The second-order valence-corrected chi connectivity index (χ2v) is 11.7. The molecule has 17 heteroatoms. The quantitative estimate of drug-likeness (QED) is 0.448. The maximum Gasteiger partial charge on any atom is 0.417 e. The van der Waals surface area contributed by atoms with Crippen LogP contribution < -0.4 is 10.2 Å². The number of halogens is 3. The van der Waals surface area contributed by atoms with Gasteiger partial charge in [0.2, 0.25) is 10.0 Å². The van der Waals surface area contributed by atoms with Crippen molar-refractivity contribution >= 4 is 33.3 Å². The van der Waals surface area contributed by atoms with E-state index in [0.717, 1.165) is 18.9 Å². The number of alkyl halides is 3. The van der Waals surface area contributed by atoms with Crippen LogP contribution in [-0.4, -0.2) is 109 Å². The number of morpholine rings is 1. The number of pyridine rings is 1. The maximum atomic E-state index is 14.2. The predicted molar refractivity (Wildman–Crippen MR) is 142 cm³/mol. The number of carbonyl (C=O) groups is 1. The van der Waals surface area contributed by atoms with Crippen molar-refractivity contribution < 1.29 is 35.9 Å². The summed E-state index contributed by atoms with van der Waals surface area (Å²) in [5, 5.41) is 6.58. The average molecular weight is 599 g/mol. The summed E-state index contributed by atoms with van der Waals surface area (Å²) in [4.78, 5) is 24.1. The molecule has 0 aliphatic carbocycles. The van der Waals surface area contributed by atoms with E-state index in [2.05, 4.69) is 30.0 Å². The first-order valence-electron chi connectivity index (χ1n) is 12.7. The van der Waals surface area contributed by atoms with E-state index in [1.165, 1.54) is 15.1 Å². The molecular formula is C24H29F3N8O5S. The molecule has 2 fully saturated rings. The number of amides is 1. The number of aromatic nitrogens is 4. The van der Waals surface area contributed by atoms with Gasteiger partial charge in [-0.15, -0.1) is 5.10 Å². The van der Waals surface area contributed by atoms with E-state index in [0.29, 0.717) is 76.4 Å². The lowest BCUT2D eigenvalue weighted by molar-refractivity contribution is -0.137. The van der Waals surface area contributed by atoms with Crippen LogP contribution in [0.2, 0.25) is 0 Å². The van der Waals surface area contributed by atoms with Gasteiger partial charge in [-0.1, -0.05) is 0 Å². The Balaban J connectivity index is 1.52. The summed E-state index contributed by atoms with van der Waals surface area (Å²) in [5.41, 5.74) is 0.0512. The second kappa shape index (κ2) is 11.4. The number of sulfonamides is 1. The van der Waals surface area contributed by atoms with Gasteiger partial charge in [-0.2, -0.15) is 17.5 Å². The molecule has 1 N–H and O–H groups in total. The zero-order valence-electron chi connectivity index (χ0n) is 22.4. The van der Waals surface area contributed by atoms with E-state index < -0.39 is 27.9 Å². The molecule has 0 spiro atoms. The Hall–Kier alpha value is -3.54. The molecule has 5 heterocycles. The summed E-state index contributed by atoms with van der Waals surface area (Å²) in [6.07, 6.45) is -1.85. The summed E-state index contributed by atoms with van der Waals surface area (Å²) >= 11 is 0. The predicted octanol–water partition coefficient (Wildman–Crippen LogP) is 1.90. The Morgan fingerprint density at radius 3 is 2.46 bits per heavy atom. The van der Waals surface area contributed by atoms with Gasteiger partial charge in [0.15, 0.2) is 11.6 Å². The number of fused-ring (bicyclic) bond motifs is 1. The highest BCUT2D eigenvalue weighted by Gasteiger charge is 2.36. The molecule has 2 aliphatic rings. The summed E-state index contributed by atoms with van der Waals surface area (Å²) in [7, 11) is -2.17. The molecule has 0 radical (unpaired) electrons. The summed E-state index contributed by atoms with van der Waals surface area (Å²) < 4.78 is 79.0. The maximum absolute atomic E-state index is 14.2. The monoisotopic (exact) mass is 598 g/mol. The lowest BCUT2D eigenvalue weighted by Gasteiger charge is -2.32. The largest absolute Gasteiger partial charge is 0.453 e. The molecule has 2 aliphatic heterocycles. The summed E-state index contributed by atoms with van der Waals surface area (Å²) in [6.45, 7) is 4.20. The van der Waals surface area contributed by atoms with Crippen LogP contribution in [0.5, 0.6) is 0 Å². The van der Waals surface area contributed by atoms with Crippen LogP contribution in [0.3, 0.4) is 0 Å². The van der Waals surface area contributed by atoms with E-state index in [4.69, 9.17) is 4.74 Å². The van der Waals surface area contributed by atoms with Crippen LogP contribution >= 0.6 is 0 Å². The molecule has 0 aromatic carbocycles. The second-order valence-electron chi connectivity index (χ2n) is 9.70. The van der Waals surface area contributed by atoms with Gasteiger partial charge in [0, 0.05) is 58.2 Å². The number of piperazine rings is 1. The van der Waals surface area contributed by atoms with Crippen molar-refractivity contribution in [2.24, 2.45) is 0 Å². The normalized spacial score (nSPS) is 17.6. The third kappa shape index (κ3) is 6.52. The number of nitrogens with zero attached hydrogens (tertiary/aromatic N) is 7. The van der Waals surface area contributed by atoms with E-state index in [9.17, 15) is 26.4 Å². The fraction of sp³-hybridized carbons (Fsp3) is 0.500. The van der Waals surface area contributed by atoms with Crippen LogP contribution in [-0.2, 0) is 32.2 Å². The minimum atomic E-state index is -4.79. The van der Waals surface area contributed by atoms with Gasteiger partial charge in [-0.25, -0.2) is 27.7 Å². The first-order valence-corrected chi connectivity index (χ1v) is 14.6. The molecule has 13 nitrogen and oxygen atoms in total. The van der Waals surface area contributed by atoms with Crippen LogP contribution in [0.4, 0.5) is 29.6 Å². The Labute approximate surface area is 233 Å². The smallest absolute Gasteiger partial charge is 0.417 e. The van der Waals surface area contributed by atoms with Crippen molar-refractivity contribution in [3.8, 4) is 11.4 Å². The Morgan fingerprint density at radius 1 is 1.12 bits per heavy atom. The SMILES string of the molecule is COC(=O)Nc1cc(C(F)(F)F)c(-c2nc(N3CCOCC3)c3cc(CN4CCN(S(C)(=O)=O)CC4)cn3n2)cn1. The van der Waals surface area contributed by atoms with Crippen molar-refractivity contribution in [2.45, 2.75) is 12.7 Å². The lowest BCUT2D eigenvalue weighted by Crippen LogP contribution is -2.47. The highest BCUT2D eigenvalue weighted by atomic mass is 32.2. The van der Waals surface area contributed by atoms with Gasteiger partial charge in [-0.3, -0.25) is 10.2 Å². The van der Waals surface area contributed by atoms with E-state index in [1.54, 1.807) is 6.20 Å². The fourth-order valence-corrected chi connectivity index (χ4v) is 5.64. The Bertz CT molecular complexity index is 1530. The molecule has 1 amide bonds. The zero-order valence-corrected chi connectivity index (χ0v) is 23.2. The number of nitrogens with one attached hydrogen (secondary N) is 1. The van der Waals surface area contributed by atoms with Crippen LogP contribution in [0.1, 0.15) is 11.1 Å². The Kier molecular flexibility index (Phi) is 8.04. The first kappa shape index (κ1) is 29.0. The van der Waals surface area contributed by atoms with Gasteiger partial charge in [0.05, 0.1) is 37.7 Å². The van der Waals surface area contributed by atoms with E-state index in [-0.39, 0.29) is 17.2 Å². The van der Waals surface area contributed by atoms with Crippen LogP contribution in [0.15, 0.2) is 24.5 Å². The highest BCUT2D eigenvalue weighted by molar-refractivity contribution is 7.88. The van der Waals surface area contributed by atoms with Gasteiger partial charge < -0.3 is 14.4 Å². The molecule has 3 aromatic rings. The molecule has 3 aromatic heterocycles. The Morgan fingerprint density at radius 2 is 1.83 bits per heavy atom. The van der Waals surface area contributed by atoms with Gasteiger partial charge in [0.25, 0.3) is 0 Å². The number of hydrogen-bond acceptors (Lipinski definition) is 10. The topological polar surface area (TPSA) is 134 Å². The standard InChI is InChI=1S/C24H29F3N8O5S/c1-39-23(36)29-20-12-18(24(25,26)27)17(13-28-20)21-30-22(33-7-9-40-10-8-33)19-11-16(15-35(19)31-21)14-32-3-5-34(6-4-32)41(2,37)38/h11-13,15H,3-10,14H2,1-2H3,(H,28,29,36). The number of hydrogen-bond donors (Lipinski definition) is 1. The third-order valence-corrected chi connectivity index (χ3v) is 8.19. The minimum absolute atomic E-state index is 0.188. The van der Waals surface area contributed by atoms with E-state index in [1.807, 2.05) is 11.0 Å². The molecule has 0 atom stereocenters. The van der Waals surface area contributed by atoms with Crippen molar-refractivity contribution in [1.29, 1.82) is 0 Å². The summed E-state index contributed by atoms with van der Waals surface area (Å²) in [6, 6.07) is 2.61. The van der Waals surface area contributed by atoms with Crippen molar-refractivity contribution in [3.05, 3.63) is 35.7 Å². The molecule has 0 saturated carbocycles. The highest BCUT2D eigenvalue weighted by Crippen LogP contribution is 2.38. The number of ether oxygens (including phenoxy) is 2. The van der Waals surface area contributed by atoms with Crippen LogP contribution in [0, 0.1) is 0 Å². The van der Waals surface area contributed by atoms with Crippen molar-refractivity contribution in [1.82, 2.24) is 28.8 Å². The number of rotatable bonds is 6. The van der Waals surface area contributed by atoms with Crippen molar-refractivity contribution in [3.63, 3.8) is 0 Å². The third-order valence-electron chi connectivity index (χ3n) is 6.88. The van der Waals surface area contributed by atoms with Gasteiger partial charge in [0.1, 0.15) is 11.3 Å². The molecular weight excluding hydrogens is 569 g/mol. The molecule has 0 bridgehead atoms. The first-order chi connectivity index (χ1) is 19.4. The number of anilines is 2. The fourth-order valence-electron chi connectivity index (χ4n) is 4.82. The van der Waals surface area contributed by atoms with Gasteiger partial charge >= 0.3 is 12.3 Å². The molecule has 0 unspecified atom stereocenters. The van der Waals surface area contributed by atoms with E-state index >= 15 is 0 Å². The number of methoxy groups -OCH3 is 1. The average Bonchev–Trinajstić information content (AvgIpc) is 3.34. The molecule has 5 rings (SSSR count).